The van der Waals surface area contributed by atoms with Crippen molar-refractivity contribution in [3.05, 3.63) is 12.8 Å². The Balaban J connectivity index is 2.36. The summed E-state index contributed by atoms with van der Waals surface area (Å²) in [5, 5.41) is 0. The molecule has 0 spiro atoms. The zero-order valence-corrected chi connectivity index (χ0v) is 6.48. The van der Waals surface area contributed by atoms with Crippen molar-refractivity contribution in [1.29, 1.82) is 0 Å². The first kappa shape index (κ1) is 7.11. The minimum absolute atomic E-state index is 0.552. The normalized spacial score (nSPS) is 27.3. The summed E-state index contributed by atoms with van der Waals surface area (Å²) in [5.74, 6) is 0. The van der Waals surface area contributed by atoms with Gasteiger partial charge in [0, 0.05) is 0 Å². The second-order valence-corrected chi connectivity index (χ2v) is 3.73. The highest BCUT2D eigenvalue weighted by Crippen LogP contribution is 2.32. The Bertz CT molecular complexity index is 72.0. The molecule has 0 aromatic rings. The molecule has 52 valence electrons. The third-order valence-electron chi connectivity index (χ3n) is 1.97. The van der Waals surface area contributed by atoms with Crippen LogP contribution in [0, 0.1) is 18.3 Å². The highest BCUT2D eigenvalue weighted by atomic mass is 14.2. The molecule has 1 saturated carbocycles. The van der Waals surface area contributed by atoms with E-state index < -0.39 is 0 Å². The van der Waals surface area contributed by atoms with Gasteiger partial charge < -0.3 is 0 Å². The molecule has 0 aromatic heterocycles. The summed E-state index contributed by atoms with van der Waals surface area (Å²) in [6.45, 7) is 4.68. The van der Waals surface area contributed by atoms with Crippen molar-refractivity contribution in [3.8, 4) is 0 Å². The maximum Gasteiger partial charge on any atom is -0.0349 e. The van der Waals surface area contributed by atoms with Gasteiger partial charge in [0.25, 0.3) is 0 Å². The molecule has 0 aromatic carbocycles. The Morgan fingerprint density at radius 2 is 1.44 bits per heavy atom. The molecule has 9 heavy (non-hydrogen) atoms. The molecule has 0 heteroatoms. The van der Waals surface area contributed by atoms with Crippen LogP contribution in [0.5, 0.6) is 0 Å². The van der Waals surface area contributed by atoms with E-state index in [4.69, 9.17) is 0 Å². The van der Waals surface area contributed by atoms with Gasteiger partial charge in [-0.3, -0.25) is 0 Å². The second kappa shape index (κ2) is 2.72. The van der Waals surface area contributed by atoms with Crippen LogP contribution in [0.2, 0.25) is 0 Å². The molecule has 1 rings (SSSR count). The first-order valence-electron chi connectivity index (χ1n) is 3.84. The van der Waals surface area contributed by atoms with Crippen LogP contribution < -0.4 is 0 Å². The first-order chi connectivity index (χ1) is 4.21. The van der Waals surface area contributed by atoms with E-state index in [0.29, 0.717) is 5.41 Å². The Kier molecular flexibility index (Phi) is 2.15. The van der Waals surface area contributed by atoms with E-state index in [1.165, 1.54) is 25.7 Å². The predicted octanol–water partition coefficient (Wildman–Crippen LogP) is 3.00. The molecule has 1 aliphatic rings. The maximum atomic E-state index is 2.42. The molecule has 0 atom stereocenters. The Labute approximate surface area is 58.7 Å². The summed E-state index contributed by atoms with van der Waals surface area (Å²) < 4.78 is 0. The van der Waals surface area contributed by atoms with E-state index in [2.05, 4.69) is 26.7 Å². The standard InChI is InChI=1S/C9H16/c1-9(2)7-5-3-4-6-8-9/h5-6H,3-4,7-8H2,1-2H3. The second-order valence-electron chi connectivity index (χ2n) is 3.73. The third-order valence-corrected chi connectivity index (χ3v) is 1.97. The van der Waals surface area contributed by atoms with Gasteiger partial charge in [0.1, 0.15) is 0 Å². The van der Waals surface area contributed by atoms with Crippen molar-refractivity contribution < 1.29 is 0 Å². The molecule has 1 fully saturated rings. The lowest BCUT2D eigenvalue weighted by atomic mass is 9.85. The van der Waals surface area contributed by atoms with Crippen molar-refractivity contribution in [2.24, 2.45) is 5.41 Å². The van der Waals surface area contributed by atoms with Crippen LogP contribution in [-0.4, -0.2) is 0 Å². The van der Waals surface area contributed by atoms with Crippen LogP contribution in [0.4, 0.5) is 0 Å². The fourth-order valence-corrected chi connectivity index (χ4v) is 1.30. The van der Waals surface area contributed by atoms with Gasteiger partial charge in [-0.1, -0.05) is 13.8 Å². The van der Waals surface area contributed by atoms with Gasteiger partial charge in [-0.15, -0.1) is 0 Å². The summed E-state index contributed by atoms with van der Waals surface area (Å²) in [6.07, 6.45) is 10.0. The van der Waals surface area contributed by atoms with Crippen LogP contribution in [-0.2, 0) is 0 Å². The van der Waals surface area contributed by atoms with Crippen molar-refractivity contribution in [1.82, 2.24) is 0 Å². The molecule has 0 bridgehead atoms. The predicted molar refractivity (Wildman–Crippen MR) is 40.8 cm³/mol. The Morgan fingerprint density at radius 3 is 1.89 bits per heavy atom. The smallest absolute Gasteiger partial charge is 0.0349 e. The Hall–Kier alpha value is 0. The van der Waals surface area contributed by atoms with Gasteiger partial charge >= 0.3 is 0 Å². The van der Waals surface area contributed by atoms with Crippen molar-refractivity contribution in [3.63, 3.8) is 0 Å². The summed E-state index contributed by atoms with van der Waals surface area (Å²) in [6, 6.07) is 0. The van der Waals surface area contributed by atoms with Crippen molar-refractivity contribution in [2.75, 3.05) is 0 Å². The van der Waals surface area contributed by atoms with Crippen molar-refractivity contribution >= 4 is 0 Å². The van der Waals surface area contributed by atoms with E-state index in [9.17, 15) is 0 Å². The fraction of sp³-hybridized carbons (Fsp3) is 0.778. The van der Waals surface area contributed by atoms with E-state index in [1.807, 2.05) is 0 Å². The quantitative estimate of drug-likeness (QED) is 0.435. The lowest BCUT2D eigenvalue weighted by molar-refractivity contribution is 0.361. The van der Waals surface area contributed by atoms with Gasteiger partial charge in [-0.25, -0.2) is 0 Å². The number of hydrogen-bond donors (Lipinski definition) is 0. The molecule has 0 saturated heterocycles. The largest absolute Gasteiger partial charge is 0.0599 e. The van der Waals surface area contributed by atoms with E-state index in [-0.39, 0.29) is 0 Å². The number of rotatable bonds is 0. The summed E-state index contributed by atoms with van der Waals surface area (Å²) >= 11 is 0. The van der Waals surface area contributed by atoms with Crippen LogP contribution in [0.25, 0.3) is 0 Å². The molecule has 0 heterocycles. The highest BCUT2D eigenvalue weighted by Gasteiger charge is 2.18. The lowest BCUT2D eigenvalue weighted by Gasteiger charge is -2.20. The van der Waals surface area contributed by atoms with Gasteiger partial charge in [0.2, 0.25) is 0 Å². The molecule has 0 unspecified atom stereocenters. The van der Waals surface area contributed by atoms with Crippen molar-refractivity contribution in [2.45, 2.75) is 39.5 Å². The van der Waals surface area contributed by atoms with Gasteiger partial charge in [0.15, 0.2) is 0 Å². The van der Waals surface area contributed by atoms with E-state index in [1.54, 1.807) is 0 Å². The summed E-state index contributed by atoms with van der Waals surface area (Å²) in [5.41, 5.74) is 0.552. The zero-order valence-electron chi connectivity index (χ0n) is 6.48. The highest BCUT2D eigenvalue weighted by molar-refractivity contribution is 4.88. The zero-order chi connectivity index (χ0) is 6.74. The monoisotopic (exact) mass is 124 g/mol. The average Bonchev–Trinajstić information content (AvgIpc) is 1.92. The molecule has 0 amide bonds. The van der Waals surface area contributed by atoms with Gasteiger partial charge in [-0.05, 0) is 43.9 Å². The summed E-state index contributed by atoms with van der Waals surface area (Å²) in [4.78, 5) is 0. The minimum Gasteiger partial charge on any atom is -0.0599 e. The minimum atomic E-state index is 0.552. The third kappa shape index (κ3) is 2.38. The molecule has 0 nitrogen and oxygen atoms in total. The maximum absolute atomic E-state index is 2.42. The molecule has 0 N–H and O–H groups in total. The molecule has 1 aliphatic carbocycles. The van der Waals surface area contributed by atoms with E-state index in [0.717, 1.165) is 0 Å². The van der Waals surface area contributed by atoms with Gasteiger partial charge in [0.05, 0.1) is 0 Å². The fourth-order valence-electron chi connectivity index (χ4n) is 1.30. The average molecular weight is 124 g/mol. The topological polar surface area (TPSA) is 0 Å². The first-order valence-corrected chi connectivity index (χ1v) is 3.84. The molecule has 2 radical (unpaired) electrons. The number of hydrogen-bond acceptors (Lipinski definition) is 0. The SMILES string of the molecule is CC1(C)C[CH]CC[CH]C1. The summed E-state index contributed by atoms with van der Waals surface area (Å²) in [7, 11) is 0. The Morgan fingerprint density at radius 1 is 1.00 bits per heavy atom. The van der Waals surface area contributed by atoms with Crippen LogP contribution >= 0.6 is 0 Å². The molecule has 0 aliphatic heterocycles. The van der Waals surface area contributed by atoms with Crippen LogP contribution in [0.15, 0.2) is 0 Å². The van der Waals surface area contributed by atoms with Crippen LogP contribution in [0.1, 0.15) is 39.5 Å². The van der Waals surface area contributed by atoms with Crippen LogP contribution in [0.3, 0.4) is 0 Å². The molecular formula is C9H16. The lowest BCUT2D eigenvalue weighted by Crippen LogP contribution is -2.08. The van der Waals surface area contributed by atoms with Gasteiger partial charge in [-0.2, -0.15) is 0 Å². The molecular weight excluding hydrogens is 108 g/mol. The van der Waals surface area contributed by atoms with E-state index >= 15 is 0 Å².